The number of carbonyl (C=O) groups is 2. The van der Waals surface area contributed by atoms with E-state index in [1.165, 1.54) is 9.70 Å². The smallest absolute Gasteiger partial charge is 0.407 e. The molecule has 2 saturated heterocycles. The van der Waals surface area contributed by atoms with Gasteiger partial charge < -0.3 is 14.9 Å². The molecule has 2 aliphatic heterocycles. The zero-order chi connectivity index (χ0) is 18.3. The molecular weight excluding hydrogens is 334 g/mol. The van der Waals surface area contributed by atoms with Crippen molar-refractivity contribution in [1.29, 1.82) is 0 Å². The van der Waals surface area contributed by atoms with Crippen LogP contribution in [-0.4, -0.2) is 67.1 Å². The van der Waals surface area contributed by atoms with E-state index in [2.05, 4.69) is 10.2 Å². The Morgan fingerprint density at radius 3 is 2.58 bits per heavy atom. The molecule has 0 radical (unpaired) electrons. The number of fused-ring (bicyclic) bond motifs is 2. The Bertz CT molecular complexity index is 835. The summed E-state index contributed by atoms with van der Waals surface area (Å²) >= 11 is 0. The van der Waals surface area contributed by atoms with E-state index in [1.54, 1.807) is 12.4 Å². The van der Waals surface area contributed by atoms with Crippen LogP contribution in [0.2, 0.25) is 0 Å². The Morgan fingerprint density at radius 1 is 1.12 bits per heavy atom. The van der Waals surface area contributed by atoms with Gasteiger partial charge in [0.1, 0.15) is 0 Å². The second-order valence-corrected chi connectivity index (χ2v) is 6.95. The molecule has 2 amide bonds. The van der Waals surface area contributed by atoms with Crippen LogP contribution in [0.15, 0.2) is 30.6 Å². The molecule has 0 spiro atoms. The average molecular weight is 355 g/mol. The Labute approximate surface area is 151 Å². The summed E-state index contributed by atoms with van der Waals surface area (Å²) in [6.45, 7) is 2.79. The lowest BCUT2D eigenvalue weighted by molar-refractivity contribution is 0.0667. The summed E-state index contributed by atoms with van der Waals surface area (Å²) in [7, 11) is 0. The molecule has 8 heteroatoms. The Balaban J connectivity index is 1.70. The predicted molar refractivity (Wildman–Crippen MR) is 93.3 cm³/mol. The highest BCUT2D eigenvalue weighted by Crippen LogP contribution is 2.33. The summed E-state index contributed by atoms with van der Waals surface area (Å²) in [5.74, 6) is -0.0688. The summed E-state index contributed by atoms with van der Waals surface area (Å²) < 4.78 is 0. The van der Waals surface area contributed by atoms with Crippen LogP contribution in [0.1, 0.15) is 35.2 Å². The van der Waals surface area contributed by atoms with Gasteiger partial charge >= 0.3 is 6.09 Å². The minimum Gasteiger partial charge on any atom is -0.465 e. The third-order valence-corrected chi connectivity index (χ3v) is 5.30. The van der Waals surface area contributed by atoms with Gasteiger partial charge in [0.05, 0.1) is 29.7 Å². The zero-order valence-corrected chi connectivity index (χ0v) is 14.6. The summed E-state index contributed by atoms with van der Waals surface area (Å²) in [5.41, 5.74) is 2.19. The van der Waals surface area contributed by atoms with Gasteiger partial charge in [0.25, 0.3) is 5.91 Å². The van der Waals surface area contributed by atoms with E-state index < -0.39 is 6.09 Å². The van der Waals surface area contributed by atoms with Crippen LogP contribution in [0, 0.1) is 6.92 Å². The highest BCUT2D eigenvalue weighted by atomic mass is 16.4. The maximum Gasteiger partial charge on any atom is 0.407 e. The van der Waals surface area contributed by atoms with Crippen LogP contribution in [-0.2, 0) is 0 Å². The summed E-state index contributed by atoms with van der Waals surface area (Å²) in [6.07, 6.45) is 4.67. The normalized spacial score (nSPS) is 22.3. The van der Waals surface area contributed by atoms with Crippen molar-refractivity contribution in [1.82, 2.24) is 24.8 Å². The summed E-state index contributed by atoms with van der Waals surface area (Å²) in [5, 5.41) is 17.7. The number of amides is 2. The van der Waals surface area contributed by atoms with E-state index in [1.807, 2.05) is 30.0 Å². The Hall–Kier alpha value is -2.90. The van der Waals surface area contributed by atoms with Gasteiger partial charge in [-0.05, 0) is 38.3 Å². The zero-order valence-electron chi connectivity index (χ0n) is 14.6. The first-order valence-corrected chi connectivity index (χ1v) is 8.82. The quantitative estimate of drug-likeness (QED) is 0.889. The number of aromatic nitrogens is 3. The molecule has 1 aromatic heterocycles. The Kier molecular flexibility index (Phi) is 4.10. The molecule has 2 unspecified atom stereocenters. The van der Waals surface area contributed by atoms with E-state index in [-0.39, 0.29) is 18.0 Å². The average Bonchev–Trinajstić information content (AvgIpc) is 3.21. The lowest BCUT2D eigenvalue weighted by Crippen LogP contribution is -2.44. The van der Waals surface area contributed by atoms with Crippen molar-refractivity contribution < 1.29 is 14.7 Å². The van der Waals surface area contributed by atoms with Gasteiger partial charge in [-0.15, -0.1) is 0 Å². The van der Waals surface area contributed by atoms with Crippen molar-refractivity contribution in [2.75, 3.05) is 13.1 Å². The molecule has 4 rings (SSSR count). The lowest BCUT2D eigenvalue weighted by atomic mass is 10.1. The van der Waals surface area contributed by atoms with Gasteiger partial charge in [-0.3, -0.25) is 4.79 Å². The van der Waals surface area contributed by atoms with E-state index in [4.69, 9.17) is 0 Å². The van der Waals surface area contributed by atoms with Crippen LogP contribution in [0.25, 0.3) is 5.69 Å². The van der Waals surface area contributed by atoms with Crippen molar-refractivity contribution in [2.45, 2.75) is 38.3 Å². The van der Waals surface area contributed by atoms with Crippen LogP contribution in [0.5, 0.6) is 0 Å². The van der Waals surface area contributed by atoms with Gasteiger partial charge in [-0.25, -0.2) is 4.79 Å². The van der Waals surface area contributed by atoms with E-state index in [9.17, 15) is 14.7 Å². The molecule has 8 nitrogen and oxygen atoms in total. The van der Waals surface area contributed by atoms with E-state index in [0.29, 0.717) is 30.8 Å². The first-order chi connectivity index (χ1) is 12.5. The number of aryl methyl sites for hydroxylation is 1. The number of likely N-dealkylation sites (tertiary alicyclic amines) is 1. The van der Waals surface area contributed by atoms with Crippen molar-refractivity contribution in [2.24, 2.45) is 0 Å². The minimum absolute atomic E-state index is 0.0688. The SMILES string of the molecule is Cc1ccc(-n2nccn2)c(C(=O)N2C3CCC2CN(C(=O)O)CC3)c1. The number of benzene rings is 1. The van der Waals surface area contributed by atoms with Crippen molar-refractivity contribution in [3.05, 3.63) is 41.7 Å². The summed E-state index contributed by atoms with van der Waals surface area (Å²) in [4.78, 5) is 29.6. The fourth-order valence-electron chi connectivity index (χ4n) is 4.05. The molecule has 2 fully saturated rings. The number of rotatable bonds is 2. The van der Waals surface area contributed by atoms with Gasteiger partial charge in [-0.2, -0.15) is 15.0 Å². The lowest BCUT2D eigenvalue weighted by Gasteiger charge is -2.29. The van der Waals surface area contributed by atoms with Gasteiger partial charge in [0, 0.05) is 19.1 Å². The van der Waals surface area contributed by atoms with Crippen molar-refractivity contribution in [3.8, 4) is 5.69 Å². The third-order valence-electron chi connectivity index (χ3n) is 5.30. The molecule has 3 heterocycles. The third kappa shape index (κ3) is 2.81. The second-order valence-electron chi connectivity index (χ2n) is 6.95. The monoisotopic (exact) mass is 355 g/mol. The fourth-order valence-corrected chi connectivity index (χ4v) is 4.05. The highest BCUT2D eigenvalue weighted by Gasteiger charge is 2.42. The maximum atomic E-state index is 13.4. The molecule has 2 bridgehead atoms. The molecule has 2 aliphatic rings. The largest absolute Gasteiger partial charge is 0.465 e. The van der Waals surface area contributed by atoms with Crippen LogP contribution in [0.3, 0.4) is 0 Å². The molecule has 0 saturated carbocycles. The van der Waals surface area contributed by atoms with Crippen LogP contribution < -0.4 is 0 Å². The highest BCUT2D eigenvalue weighted by molar-refractivity contribution is 5.98. The number of hydrogen-bond donors (Lipinski definition) is 1. The standard InChI is InChI=1S/C18H21N5O3/c1-12-2-5-16(23-19-7-8-20-23)15(10-12)17(24)22-13-3-4-14(22)11-21(9-6-13)18(25)26/h2,5,7-8,10,13-14H,3-4,6,9,11H2,1H3,(H,25,26). The molecule has 2 atom stereocenters. The molecule has 26 heavy (non-hydrogen) atoms. The van der Waals surface area contributed by atoms with Crippen LogP contribution >= 0.6 is 0 Å². The van der Waals surface area contributed by atoms with Gasteiger partial charge in [0.15, 0.2) is 0 Å². The first-order valence-electron chi connectivity index (χ1n) is 8.82. The molecule has 2 aromatic rings. The number of nitrogens with zero attached hydrogens (tertiary/aromatic N) is 5. The molecule has 0 aliphatic carbocycles. The van der Waals surface area contributed by atoms with Gasteiger partial charge in [0.2, 0.25) is 0 Å². The maximum absolute atomic E-state index is 13.4. The molecule has 1 aromatic carbocycles. The number of carbonyl (C=O) groups excluding carboxylic acids is 1. The molecule has 1 N–H and O–H groups in total. The van der Waals surface area contributed by atoms with E-state index >= 15 is 0 Å². The van der Waals surface area contributed by atoms with Crippen molar-refractivity contribution >= 4 is 12.0 Å². The topological polar surface area (TPSA) is 91.6 Å². The summed E-state index contributed by atoms with van der Waals surface area (Å²) in [6, 6.07) is 5.64. The Morgan fingerprint density at radius 2 is 1.85 bits per heavy atom. The fraction of sp³-hybridized carbons (Fsp3) is 0.444. The van der Waals surface area contributed by atoms with Crippen molar-refractivity contribution in [3.63, 3.8) is 0 Å². The second kappa shape index (κ2) is 6.44. The minimum atomic E-state index is -0.915. The molecular formula is C18H21N5O3. The molecule has 136 valence electrons. The van der Waals surface area contributed by atoms with Crippen LogP contribution in [0.4, 0.5) is 4.79 Å². The first kappa shape index (κ1) is 16.6. The number of hydrogen-bond acceptors (Lipinski definition) is 4. The number of carboxylic acid groups (broad SMARTS) is 1. The predicted octanol–water partition coefficient (Wildman–Crippen LogP) is 1.93. The van der Waals surface area contributed by atoms with Gasteiger partial charge in [-0.1, -0.05) is 11.6 Å². The van der Waals surface area contributed by atoms with E-state index in [0.717, 1.165) is 18.4 Å².